The van der Waals surface area contributed by atoms with Crippen LogP contribution in [-0.2, 0) is 122 Å². The molecular formula is C95H129BrN16O28S2. The smallest absolute Gasteiger partial charge is 0.258 e. The molecule has 6 aliphatic rings. The maximum Gasteiger partial charge on any atom is 0.258 e. The van der Waals surface area contributed by atoms with Gasteiger partial charge in [0.1, 0.15) is 83.6 Å². The summed E-state index contributed by atoms with van der Waals surface area (Å²) in [5.41, 5.74) is -1.39. The number of hydrogen-bond acceptors (Lipinski definition) is 30. The molecule has 8 heterocycles. The fourth-order valence-corrected chi connectivity index (χ4v) is 20.2. The first-order valence-electron chi connectivity index (χ1n) is 47.5. The molecule has 2 fully saturated rings. The van der Waals surface area contributed by atoms with E-state index in [4.69, 9.17) is 0 Å². The molecule has 20 atom stereocenters. The van der Waals surface area contributed by atoms with Crippen LogP contribution in [0.5, 0.6) is 0 Å². The largest absolute Gasteiger partial charge is 0.393 e. The topological polar surface area (TPSA) is 686 Å². The molecule has 2 aromatic heterocycles. The number of nitrogens with zero attached hydrogens (tertiary/aromatic N) is 2. The highest BCUT2D eigenvalue weighted by Crippen LogP contribution is 2.38. The van der Waals surface area contributed by atoms with Crippen LogP contribution in [0.4, 0.5) is 0 Å². The van der Waals surface area contributed by atoms with Crippen LogP contribution in [-0.4, -0.2) is 337 Å². The molecule has 0 aliphatic carbocycles. The molecule has 776 valence electrons. The predicted molar refractivity (Wildman–Crippen MR) is 515 cm³/mol. The van der Waals surface area contributed by atoms with E-state index in [2.05, 4.69) is 89.7 Å². The molecular weight excluding hydrogens is 1960 g/mol. The molecule has 2 saturated heterocycles. The van der Waals surface area contributed by atoms with E-state index >= 15 is 0 Å². The molecule has 10 rings (SSSR count). The molecule has 142 heavy (non-hydrogen) atoms. The second-order valence-electron chi connectivity index (χ2n) is 38.4. The van der Waals surface area contributed by atoms with Gasteiger partial charge in [0.25, 0.3) is 5.91 Å². The number of benzene rings is 2. The van der Waals surface area contributed by atoms with Crippen LogP contribution in [0, 0.1) is 11.8 Å². The third-order valence-electron chi connectivity index (χ3n) is 26.1. The van der Waals surface area contributed by atoms with E-state index in [1.165, 1.54) is 62.3 Å². The molecule has 0 saturated carbocycles. The van der Waals surface area contributed by atoms with Crippen LogP contribution in [0.15, 0.2) is 56.5 Å². The molecule has 4 aromatic rings. The number of nitrogens with one attached hydrogen (secondary N) is 14. The van der Waals surface area contributed by atoms with E-state index in [0.29, 0.717) is 79.8 Å². The molecule has 2 aromatic carbocycles. The molecule has 2 unspecified atom stereocenters. The van der Waals surface area contributed by atoms with E-state index < -0.39 is 253 Å². The summed E-state index contributed by atoms with van der Waals surface area (Å²) in [7, 11) is 0. The van der Waals surface area contributed by atoms with Crippen molar-refractivity contribution in [3.05, 3.63) is 68.7 Å². The summed E-state index contributed by atoms with van der Waals surface area (Å²) in [6.45, 7) is 8.58. The number of unbranched alkanes of at least 4 members (excludes halogenated alkanes) is 2. The number of carbonyl (C=O) groups excluding carboxylic acids is 20. The first kappa shape index (κ1) is 113. The second-order valence-corrected chi connectivity index (χ2v) is 41.2. The Kier molecular flexibility index (Phi) is 39.9. The van der Waals surface area contributed by atoms with Crippen LogP contribution in [0.25, 0.3) is 21.8 Å². The number of aliphatic hydroxyl groups is 8. The molecule has 0 radical (unpaired) electrons. The fraction of sp³-hybridized carbons (Fsp3) is 0.600. The minimum atomic E-state index is -2.01. The molecule has 6 aliphatic heterocycles. The quantitative estimate of drug-likeness (QED) is 0.0181. The summed E-state index contributed by atoms with van der Waals surface area (Å²) in [6.07, 6.45) is -8.30. The predicted octanol–water partition coefficient (Wildman–Crippen LogP) is -3.13. The van der Waals surface area contributed by atoms with Crippen LogP contribution >= 0.6 is 39.5 Å². The highest BCUT2D eigenvalue weighted by atomic mass is 79.9. The standard InChI is InChI=1S/C95H129BrN16O28S2/c1-44(78(125)97-24-22-55(117)14-10-12-16-57(119)26-51-18-20-65-61(28-51)63-30-53-32-73(123)45(2)99-85(132)71-34-59(121)38-111(71)92(137)69(40-141-90(63)107-65)105-88(135)76(49(6)115)109-79(126)47(4)101-83(130)67(103-81(53)128)36-94(8,139)42-113)75(96)87(134)98-25-23-56(118)15-11-13-17-58(120)27-52-19-21-66-62(29-52)64-31-54-33-74(124)46(3)100-86(133)72-35-60(122)39-112(72)93(138)70(41-142-91(64)108-66)106-89(136)77(50(7)116)110-80(127)48(5)102-84(131)68(104-82(54)129)37-95(9,140)43-114/h18-21,28-29,45-50,53-54,59-60,67-72,76-77,107-108,113-116,121-122,139-140H,10-17,22-27,30-43H2,1-9H3,(H,97,125)(H,98,134)(H,99,132)(H,100,133)(H,101,130)(H,102,131)(H,103,128)(H,104,129)(H,105,135)(H,106,136)(H,109,126)(H,110,127)/b75-44+/t45-,46-,47-,48-,49?,50?,53+,54+,59+,60+,67-,68-,69+,70+,71-,72-,76+,77+,94+,95+/m0/s1. The number of H-pyrrole nitrogens is 2. The maximum absolute atomic E-state index is 14.9. The van der Waals surface area contributed by atoms with Gasteiger partial charge in [-0.1, -0.05) is 12.1 Å². The number of rotatable bonds is 30. The maximum atomic E-state index is 14.9. The van der Waals surface area contributed by atoms with Gasteiger partial charge in [0.05, 0.1) is 75.4 Å². The summed E-state index contributed by atoms with van der Waals surface area (Å²) in [6, 6.07) is -8.23. The van der Waals surface area contributed by atoms with E-state index in [1.807, 2.05) is 0 Å². The second kappa shape index (κ2) is 50.3. The molecule has 14 amide bonds. The van der Waals surface area contributed by atoms with Gasteiger partial charge in [0, 0.05) is 167 Å². The molecule has 22 N–H and O–H groups in total. The van der Waals surface area contributed by atoms with Crippen LogP contribution in [0.1, 0.15) is 187 Å². The summed E-state index contributed by atoms with van der Waals surface area (Å²) >= 11 is 5.14. The van der Waals surface area contributed by atoms with Gasteiger partial charge in [-0.15, -0.1) is 23.5 Å². The van der Waals surface area contributed by atoms with Gasteiger partial charge in [-0.05, 0) is 163 Å². The molecule has 4 bridgehead atoms. The Hall–Kier alpha value is -11.3. The number of aromatic amines is 2. The Labute approximate surface area is 834 Å². The van der Waals surface area contributed by atoms with Crippen molar-refractivity contribution in [2.75, 3.05) is 50.9 Å². The molecule has 47 heteroatoms. The molecule has 0 spiro atoms. The number of halogens is 1. The van der Waals surface area contributed by atoms with Crippen molar-refractivity contribution >= 4 is 179 Å². The normalized spacial score (nSPS) is 26.8. The highest BCUT2D eigenvalue weighted by molar-refractivity contribution is 9.12. The lowest BCUT2D eigenvalue weighted by Crippen LogP contribution is -2.61. The Bertz CT molecular complexity index is 5200. The summed E-state index contributed by atoms with van der Waals surface area (Å²) in [5, 5.41) is 118. The summed E-state index contributed by atoms with van der Waals surface area (Å²) in [4.78, 5) is 290. The fourth-order valence-electron chi connectivity index (χ4n) is 17.7. The van der Waals surface area contributed by atoms with Crippen molar-refractivity contribution in [2.45, 2.75) is 309 Å². The number of aliphatic hydroxyl groups excluding tert-OH is 6. The number of Topliss-reactive ketones (excluding diaryl/α,β-unsaturated/α-hetero) is 6. The minimum absolute atomic E-state index is 0.0354. The first-order valence-corrected chi connectivity index (χ1v) is 50.3. The SMILES string of the molecule is C/C(C(=O)NCCC(=O)CCCCC(=O)Cc1ccc2[nH]c3c(c2c1)C[C@@H]1CC(=O)[C@H](C)NC(=O)[C@@H]2C[C@@H](O)CN2C(=O)[C@@H](CS3)NC(=O)[C@@H](C(C)O)NC(=O)[C@H](C)NC(=O)[C@H](C[C@@](C)(O)CO)NC1=O)=C(\Br)C(=O)NCCC(=O)CCCCC(=O)Cc1ccc2[nH]c3c(c2c1)C[C@@H]1CC(=O)[C@H](C)NC(=O)[C@@H]2C[C@@H](O)CN2C(=O)[C@@H](CS3)NC(=O)[C@@H](C(C)O)NC(=O)[C@H](C)NC(=O)[C@H](C[C@@](C)(O)CO)NC1=O. The number of thioether (sulfide) groups is 2. The monoisotopic (exact) mass is 2080 g/mol. The van der Waals surface area contributed by atoms with Crippen LogP contribution in [0.2, 0.25) is 0 Å². The first-order chi connectivity index (χ1) is 66.9. The minimum Gasteiger partial charge on any atom is -0.393 e. The summed E-state index contributed by atoms with van der Waals surface area (Å²) in [5.74, 6) is -18.5. The number of carbonyl (C=O) groups is 20. The average Bonchev–Trinajstić information content (AvgIpc) is 1.61. The zero-order chi connectivity index (χ0) is 104. The Morgan fingerprint density at radius 2 is 0.817 bits per heavy atom. The number of ketones is 6. The lowest BCUT2D eigenvalue weighted by atomic mass is 9.89. The van der Waals surface area contributed by atoms with Gasteiger partial charge in [0.15, 0.2) is 11.6 Å². The van der Waals surface area contributed by atoms with Gasteiger partial charge in [-0.25, -0.2) is 0 Å². The average molecular weight is 2090 g/mol. The zero-order valence-corrected chi connectivity index (χ0v) is 83.7. The van der Waals surface area contributed by atoms with Crippen molar-refractivity contribution in [1.29, 1.82) is 0 Å². The molecule has 44 nitrogen and oxygen atoms in total. The van der Waals surface area contributed by atoms with E-state index in [9.17, 15) is 137 Å². The van der Waals surface area contributed by atoms with Gasteiger partial charge < -0.3 is 124 Å². The zero-order valence-electron chi connectivity index (χ0n) is 80.5. The van der Waals surface area contributed by atoms with Crippen molar-refractivity contribution in [2.24, 2.45) is 11.8 Å². The van der Waals surface area contributed by atoms with Crippen molar-refractivity contribution in [3.8, 4) is 0 Å². The number of fused-ring (bicyclic) bond motifs is 10. The Morgan fingerprint density at radius 1 is 0.458 bits per heavy atom. The third-order valence-corrected chi connectivity index (χ3v) is 29.3. The Balaban J connectivity index is 0.726. The highest BCUT2D eigenvalue weighted by Gasteiger charge is 2.48. The van der Waals surface area contributed by atoms with Crippen molar-refractivity contribution in [3.63, 3.8) is 0 Å². The number of aromatic nitrogens is 2. The van der Waals surface area contributed by atoms with Gasteiger partial charge in [-0.3, -0.25) is 95.9 Å². The van der Waals surface area contributed by atoms with Crippen LogP contribution in [0.3, 0.4) is 0 Å². The van der Waals surface area contributed by atoms with Crippen molar-refractivity contribution < 1.29 is 137 Å². The lowest BCUT2D eigenvalue weighted by Gasteiger charge is -2.31. The summed E-state index contributed by atoms with van der Waals surface area (Å²) < 4.78 is -0.140. The number of hydrogen-bond donors (Lipinski definition) is 22. The Morgan fingerprint density at radius 3 is 1.18 bits per heavy atom. The van der Waals surface area contributed by atoms with E-state index in [-0.39, 0.29) is 148 Å². The number of amides is 14. The lowest BCUT2D eigenvalue weighted by molar-refractivity contribution is -0.142. The van der Waals surface area contributed by atoms with E-state index in [1.54, 1.807) is 36.4 Å². The van der Waals surface area contributed by atoms with Gasteiger partial charge in [-0.2, -0.15) is 0 Å². The van der Waals surface area contributed by atoms with Crippen molar-refractivity contribution in [1.82, 2.24) is 83.6 Å². The van der Waals surface area contributed by atoms with Gasteiger partial charge >= 0.3 is 0 Å². The third kappa shape index (κ3) is 30.4. The van der Waals surface area contributed by atoms with Crippen LogP contribution < -0.4 is 63.8 Å². The van der Waals surface area contributed by atoms with Gasteiger partial charge in [0.2, 0.25) is 76.8 Å². The van der Waals surface area contributed by atoms with E-state index in [0.717, 1.165) is 33.3 Å².